The van der Waals surface area contributed by atoms with Gasteiger partial charge in [0, 0.05) is 73.3 Å². The number of amides is 2. The van der Waals surface area contributed by atoms with E-state index in [9.17, 15) is 19.8 Å². The van der Waals surface area contributed by atoms with Gasteiger partial charge in [0.05, 0.1) is 33.9 Å². The molecular weight excluding hydrogens is 815 g/mol. The number of nitrogens with zero attached hydrogens (tertiary/aromatic N) is 7. The Labute approximate surface area is 369 Å². The number of fused-ring (bicyclic) bond motifs is 3. The van der Waals surface area contributed by atoms with Crippen LogP contribution in [0.4, 0.5) is 11.5 Å². The Morgan fingerprint density at radius 2 is 1.78 bits per heavy atom. The van der Waals surface area contributed by atoms with Crippen molar-refractivity contribution in [2.75, 3.05) is 43.0 Å². The number of rotatable bonds is 12. The molecule has 0 aliphatic carbocycles. The van der Waals surface area contributed by atoms with Gasteiger partial charge in [-0.2, -0.15) is 0 Å². The average molecular weight is 868 g/mol. The lowest BCUT2D eigenvalue weighted by Gasteiger charge is -2.34. The Morgan fingerprint density at radius 3 is 2.51 bits per heavy atom. The summed E-state index contributed by atoms with van der Waals surface area (Å²) in [7, 11) is 2.13. The minimum absolute atomic E-state index is 0.0747. The number of phenolic OH excluding ortho intramolecular Hbond substituents is 1. The highest BCUT2D eigenvalue weighted by atomic mass is 32.1. The molecule has 2 aliphatic rings. The van der Waals surface area contributed by atoms with E-state index in [1.54, 1.807) is 23.5 Å². The largest absolute Gasteiger partial charge is 0.507 e. The number of likely N-dealkylation sites (tertiary alicyclic amines) is 1. The van der Waals surface area contributed by atoms with Crippen molar-refractivity contribution in [1.29, 1.82) is 0 Å². The number of phenols is 1. The number of para-hydroxylation sites is 1. The summed E-state index contributed by atoms with van der Waals surface area (Å²) in [6.07, 6.45) is 1.28. The minimum atomic E-state index is -0.809. The van der Waals surface area contributed by atoms with Crippen molar-refractivity contribution in [3.05, 3.63) is 101 Å². The molecule has 326 valence electrons. The van der Waals surface area contributed by atoms with Gasteiger partial charge >= 0.3 is 0 Å². The van der Waals surface area contributed by atoms with Crippen LogP contribution in [0, 0.1) is 18.8 Å². The molecule has 6 heterocycles. The average Bonchev–Trinajstić information content (AvgIpc) is 4.10. The van der Waals surface area contributed by atoms with Crippen LogP contribution in [0.5, 0.6) is 5.75 Å². The highest BCUT2D eigenvalue weighted by Crippen LogP contribution is 2.36. The molecule has 0 radical (unpaired) electrons. The van der Waals surface area contributed by atoms with Gasteiger partial charge in [-0.3, -0.25) is 9.59 Å². The molecule has 9 rings (SSSR count). The first kappa shape index (κ1) is 42.0. The predicted molar refractivity (Wildman–Crippen MR) is 246 cm³/mol. The van der Waals surface area contributed by atoms with Gasteiger partial charge in [0.25, 0.3) is 0 Å². The summed E-state index contributed by atoms with van der Waals surface area (Å²) in [4.78, 5) is 43.0. The van der Waals surface area contributed by atoms with Crippen molar-refractivity contribution in [2.24, 2.45) is 11.8 Å². The molecule has 0 bridgehead atoms. The number of anilines is 2. The van der Waals surface area contributed by atoms with E-state index in [4.69, 9.17) is 4.52 Å². The van der Waals surface area contributed by atoms with Crippen LogP contribution in [-0.4, -0.2) is 97.6 Å². The molecule has 0 spiro atoms. The standard InChI is InChI=1S/C48H53N9O5S/c1-27(2)44(48(61)57-25-34(58)21-40(57)47(60)50-28(3)31-10-12-32(13-11-31)45-29(4)49-26-63-45)42-23-43(54-62-42)56-18-16-30(17-19-56)24-55(5)33-14-15-38-36(20-33)37-22-39(52-53-46(37)51-38)35-8-6-7-9-41(35)59/h6-15,20,22-23,26-28,30,34,40,44,58-59H,16-19,21,24-25H2,1-5H3,(H,50,60)(H,51,53)/t28-,34+,40-,44+/m0/s1. The maximum Gasteiger partial charge on any atom is 0.243 e. The Morgan fingerprint density at radius 1 is 1.00 bits per heavy atom. The predicted octanol–water partition coefficient (Wildman–Crippen LogP) is 7.84. The number of H-pyrrole nitrogens is 1. The van der Waals surface area contributed by atoms with Gasteiger partial charge in [-0.1, -0.05) is 55.4 Å². The molecule has 15 heteroatoms. The summed E-state index contributed by atoms with van der Waals surface area (Å²) in [6.45, 7) is 10.4. The molecule has 2 saturated heterocycles. The topological polar surface area (TPSA) is 177 Å². The number of nitrogens with one attached hydrogen (secondary N) is 2. The van der Waals surface area contributed by atoms with Gasteiger partial charge in [0.15, 0.2) is 17.2 Å². The van der Waals surface area contributed by atoms with Crippen LogP contribution in [0.25, 0.3) is 43.6 Å². The Hall–Kier alpha value is -6.32. The molecule has 0 unspecified atom stereocenters. The zero-order valence-corrected chi connectivity index (χ0v) is 37.0. The maximum atomic E-state index is 14.3. The number of aromatic hydroxyl groups is 1. The highest BCUT2D eigenvalue weighted by Gasteiger charge is 2.43. The number of carbonyl (C=O) groups excluding carboxylic acids is 2. The number of benzene rings is 3. The molecule has 2 fully saturated rings. The monoisotopic (exact) mass is 867 g/mol. The van der Waals surface area contributed by atoms with Crippen LogP contribution < -0.4 is 15.1 Å². The van der Waals surface area contributed by atoms with Gasteiger partial charge in [-0.15, -0.1) is 21.5 Å². The van der Waals surface area contributed by atoms with Crippen LogP contribution in [-0.2, 0) is 9.59 Å². The van der Waals surface area contributed by atoms with Gasteiger partial charge in [-0.05, 0) is 86.1 Å². The number of carbonyl (C=O) groups is 2. The smallest absolute Gasteiger partial charge is 0.243 e. The number of piperidine rings is 1. The number of aliphatic hydroxyl groups is 1. The van der Waals surface area contributed by atoms with E-state index in [0.717, 1.165) is 76.2 Å². The number of thiazole rings is 1. The number of aryl methyl sites for hydroxylation is 1. The fraction of sp³-hybridized carbons (Fsp3) is 0.375. The molecule has 0 saturated carbocycles. The van der Waals surface area contributed by atoms with Gasteiger partial charge in [0.1, 0.15) is 17.7 Å². The van der Waals surface area contributed by atoms with E-state index in [-0.39, 0.29) is 42.5 Å². The lowest BCUT2D eigenvalue weighted by Crippen LogP contribution is -2.48. The minimum Gasteiger partial charge on any atom is -0.507 e. The number of aromatic nitrogens is 5. The first-order valence-corrected chi connectivity index (χ1v) is 22.6. The van der Waals surface area contributed by atoms with E-state index < -0.39 is 18.1 Å². The summed E-state index contributed by atoms with van der Waals surface area (Å²) in [5.74, 6) is 0.428. The third kappa shape index (κ3) is 8.46. The molecule has 14 nitrogen and oxygen atoms in total. The summed E-state index contributed by atoms with van der Waals surface area (Å²) in [5, 5.41) is 39.5. The first-order valence-electron chi connectivity index (χ1n) is 21.7. The first-order chi connectivity index (χ1) is 30.4. The molecule has 2 aliphatic heterocycles. The lowest BCUT2D eigenvalue weighted by molar-refractivity contribution is -0.141. The number of hydrogen-bond donors (Lipinski definition) is 4. The molecule has 3 aromatic carbocycles. The SMILES string of the molecule is Cc1ncsc1-c1ccc([C@H](C)NC(=O)[C@@H]2C[C@@H](O)CN2C(=O)[C@@H](c2cc(N3CCC(CN(C)c4ccc5[nH]c6nnc(-c7ccccc7O)cc6c5c4)CC3)no2)C(C)C)cc1. The van der Waals surface area contributed by atoms with Crippen LogP contribution >= 0.6 is 11.3 Å². The fourth-order valence-corrected chi connectivity index (χ4v) is 10.1. The molecule has 4 atom stereocenters. The Kier molecular flexibility index (Phi) is 11.6. The number of β-amino-alcohol motifs (C(OH)–C–C–N with tert-alkyl or cyclic N) is 1. The third-order valence-corrected chi connectivity index (χ3v) is 13.8. The maximum absolute atomic E-state index is 14.3. The normalized spacial score (nSPS) is 18.1. The van der Waals surface area contributed by atoms with Crippen molar-refractivity contribution in [1.82, 2.24) is 35.5 Å². The summed E-state index contributed by atoms with van der Waals surface area (Å²) >= 11 is 1.60. The van der Waals surface area contributed by atoms with Gasteiger partial charge < -0.3 is 39.7 Å². The van der Waals surface area contributed by atoms with Crippen LogP contribution in [0.3, 0.4) is 0 Å². The van der Waals surface area contributed by atoms with E-state index in [1.165, 1.54) is 4.90 Å². The summed E-state index contributed by atoms with van der Waals surface area (Å²) in [5.41, 5.74) is 8.87. The van der Waals surface area contributed by atoms with Crippen LogP contribution in [0.15, 0.2) is 88.9 Å². The zero-order valence-electron chi connectivity index (χ0n) is 36.2. The second-order valence-electron chi connectivity index (χ2n) is 17.5. The quantitative estimate of drug-likeness (QED) is 0.0942. The van der Waals surface area contributed by atoms with Crippen LogP contribution in [0.2, 0.25) is 0 Å². The molecule has 2 amide bonds. The molecule has 63 heavy (non-hydrogen) atoms. The summed E-state index contributed by atoms with van der Waals surface area (Å²) in [6, 6.07) is 24.4. The second kappa shape index (κ2) is 17.4. The van der Waals surface area contributed by atoms with Crippen molar-refractivity contribution < 1.29 is 24.3 Å². The Balaban J connectivity index is 0.820. The van der Waals surface area contributed by atoms with E-state index >= 15 is 0 Å². The van der Waals surface area contributed by atoms with E-state index in [0.29, 0.717) is 34.4 Å². The molecular formula is C48H53N9O5S. The van der Waals surface area contributed by atoms with Crippen molar-refractivity contribution in [3.8, 4) is 27.4 Å². The van der Waals surface area contributed by atoms with Crippen molar-refractivity contribution in [2.45, 2.75) is 71.1 Å². The number of aliphatic hydroxyl groups excluding tert-OH is 1. The van der Waals surface area contributed by atoms with Gasteiger partial charge in [0.2, 0.25) is 11.8 Å². The Bertz CT molecular complexity index is 2760. The van der Waals surface area contributed by atoms with Crippen molar-refractivity contribution >= 4 is 56.6 Å². The lowest BCUT2D eigenvalue weighted by atomic mass is 9.91. The highest BCUT2D eigenvalue weighted by molar-refractivity contribution is 7.13. The molecule has 7 aromatic rings. The molecule has 4 aromatic heterocycles. The third-order valence-electron chi connectivity index (χ3n) is 12.8. The fourth-order valence-electron chi connectivity index (χ4n) is 9.27. The summed E-state index contributed by atoms with van der Waals surface area (Å²) < 4.78 is 5.92. The number of hydrogen-bond acceptors (Lipinski definition) is 12. The second-order valence-corrected chi connectivity index (χ2v) is 18.4. The van der Waals surface area contributed by atoms with E-state index in [2.05, 4.69) is 65.7 Å². The molecule has 4 N–H and O–H groups in total. The van der Waals surface area contributed by atoms with Crippen LogP contribution in [0.1, 0.15) is 69.0 Å². The zero-order chi connectivity index (χ0) is 43.9. The van der Waals surface area contributed by atoms with E-state index in [1.807, 2.05) is 81.7 Å². The van der Waals surface area contributed by atoms with Gasteiger partial charge in [-0.25, -0.2) is 4.98 Å². The van der Waals surface area contributed by atoms with Crippen molar-refractivity contribution in [3.63, 3.8) is 0 Å². The number of aromatic amines is 1.